The molecule has 0 aliphatic carbocycles. The number of anilines is 1. The highest BCUT2D eigenvalue weighted by atomic mass is 79.9. The van der Waals surface area contributed by atoms with Crippen LogP contribution >= 0.6 is 27.3 Å². The number of halogens is 1. The van der Waals surface area contributed by atoms with E-state index in [1.165, 1.54) is 0 Å². The third kappa shape index (κ3) is 3.48. The van der Waals surface area contributed by atoms with Crippen molar-refractivity contribution < 1.29 is 9.84 Å². The van der Waals surface area contributed by atoms with E-state index >= 15 is 0 Å². The molecule has 0 saturated carbocycles. The number of aliphatic hydroxyl groups excluding tert-OH is 1. The van der Waals surface area contributed by atoms with Gasteiger partial charge in [0.05, 0.1) is 7.11 Å². The highest BCUT2D eigenvalue weighted by Crippen LogP contribution is 2.25. The third-order valence-electron chi connectivity index (χ3n) is 2.48. The first-order valence-electron chi connectivity index (χ1n) is 5.49. The maximum atomic E-state index is 9.97. The van der Waals surface area contributed by atoms with Crippen LogP contribution in [0.15, 0.2) is 40.2 Å². The summed E-state index contributed by atoms with van der Waals surface area (Å²) >= 11 is 4.97. The van der Waals surface area contributed by atoms with Crippen LogP contribution in [0.1, 0.15) is 11.0 Å². The lowest BCUT2D eigenvalue weighted by Crippen LogP contribution is -2.11. The van der Waals surface area contributed by atoms with Gasteiger partial charge in [-0.2, -0.15) is 0 Å². The number of ether oxygens (including phenoxy) is 1. The van der Waals surface area contributed by atoms with Gasteiger partial charge >= 0.3 is 0 Å². The molecule has 1 aromatic carbocycles. The van der Waals surface area contributed by atoms with Crippen molar-refractivity contribution in [2.75, 3.05) is 19.0 Å². The van der Waals surface area contributed by atoms with Crippen molar-refractivity contribution in [1.82, 2.24) is 0 Å². The number of methoxy groups -OCH3 is 1. The minimum Gasteiger partial charge on any atom is -0.497 e. The summed E-state index contributed by atoms with van der Waals surface area (Å²) in [5.74, 6) is 0.775. The lowest BCUT2D eigenvalue weighted by molar-refractivity contribution is 0.195. The van der Waals surface area contributed by atoms with E-state index in [4.69, 9.17) is 4.74 Å². The number of hydrogen-bond donors (Lipinski definition) is 2. The molecule has 3 nitrogen and oxygen atoms in total. The van der Waals surface area contributed by atoms with E-state index in [0.717, 1.165) is 20.8 Å². The van der Waals surface area contributed by atoms with Gasteiger partial charge in [-0.25, -0.2) is 0 Å². The molecule has 0 bridgehead atoms. The van der Waals surface area contributed by atoms with Crippen molar-refractivity contribution >= 4 is 33.0 Å². The minimum atomic E-state index is -0.491. The van der Waals surface area contributed by atoms with Crippen molar-refractivity contribution in [3.05, 3.63) is 45.1 Å². The summed E-state index contributed by atoms with van der Waals surface area (Å²) in [5.41, 5.74) is 0.914. The second-order valence-corrected chi connectivity index (χ2v) is 5.69. The number of thiophene rings is 1. The Hall–Kier alpha value is -1.04. The van der Waals surface area contributed by atoms with Crippen molar-refractivity contribution in [1.29, 1.82) is 0 Å². The monoisotopic (exact) mass is 327 g/mol. The Morgan fingerprint density at radius 1 is 1.44 bits per heavy atom. The number of rotatable bonds is 5. The standard InChI is InChI=1S/C13H14BrNO2S/c1-17-11-6-9(14)5-10(7-11)15-8-12(16)13-3-2-4-18-13/h2-7,12,15-16H,8H2,1H3. The van der Waals surface area contributed by atoms with Crippen LogP contribution in [0.4, 0.5) is 5.69 Å². The summed E-state index contributed by atoms with van der Waals surface area (Å²) in [6, 6.07) is 9.60. The molecule has 2 aromatic rings. The predicted molar refractivity (Wildman–Crippen MR) is 78.5 cm³/mol. The SMILES string of the molecule is COc1cc(Br)cc(NCC(O)c2cccs2)c1. The molecule has 0 amide bonds. The molecule has 96 valence electrons. The molecule has 1 heterocycles. The number of benzene rings is 1. The van der Waals surface area contributed by atoms with Crippen LogP contribution in [-0.2, 0) is 0 Å². The predicted octanol–water partition coefficient (Wildman–Crippen LogP) is 3.66. The Balaban J connectivity index is 1.99. The van der Waals surface area contributed by atoms with Gasteiger partial charge in [0.25, 0.3) is 0 Å². The maximum Gasteiger partial charge on any atom is 0.122 e. The van der Waals surface area contributed by atoms with Crippen molar-refractivity contribution in [2.24, 2.45) is 0 Å². The molecule has 2 rings (SSSR count). The first-order valence-corrected chi connectivity index (χ1v) is 7.16. The van der Waals surface area contributed by atoms with E-state index < -0.39 is 6.10 Å². The van der Waals surface area contributed by atoms with Crippen molar-refractivity contribution in [3.63, 3.8) is 0 Å². The molecule has 2 N–H and O–H groups in total. The fourth-order valence-corrected chi connectivity index (χ4v) is 2.76. The first-order chi connectivity index (χ1) is 8.69. The van der Waals surface area contributed by atoms with Crippen LogP contribution in [-0.4, -0.2) is 18.8 Å². The smallest absolute Gasteiger partial charge is 0.122 e. The zero-order valence-corrected chi connectivity index (χ0v) is 12.3. The van der Waals surface area contributed by atoms with Crippen LogP contribution in [0.2, 0.25) is 0 Å². The van der Waals surface area contributed by atoms with E-state index in [-0.39, 0.29) is 0 Å². The molecule has 1 unspecified atom stereocenters. The van der Waals surface area contributed by atoms with Crippen LogP contribution in [0.25, 0.3) is 0 Å². The summed E-state index contributed by atoms with van der Waals surface area (Å²) in [6.45, 7) is 0.472. The fraction of sp³-hybridized carbons (Fsp3) is 0.231. The summed E-state index contributed by atoms with van der Waals surface area (Å²) in [5, 5.41) is 15.1. The topological polar surface area (TPSA) is 41.5 Å². The van der Waals surface area contributed by atoms with E-state index in [1.54, 1.807) is 18.4 Å². The van der Waals surface area contributed by atoms with E-state index in [2.05, 4.69) is 21.2 Å². The lowest BCUT2D eigenvalue weighted by Gasteiger charge is -2.12. The molecule has 5 heteroatoms. The Kier molecular flexibility index (Phi) is 4.63. The van der Waals surface area contributed by atoms with Crippen LogP contribution in [0, 0.1) is 0 Å². The summed E-state index contributed by atoms with van der Waals surface area (Å²) in [4.78, 5) is 0.962. The van der Waals surface area contributed by atoms with Gasteiger partial charge < -0.3 is 15.2 Å². The molecule has 0 aliphatic rings. The maximum absolute atomic E-state index is 9.97. The van der Waals surface area contributed by atoms with E-state index in [1.807, 2.05) is 35.7 Å². The molecule has 18 heavy (non-hydrogen) atoms. The van der Waals surface area contributed by atoms with Crippen LogP contribution in [0.3, 0.4) is 0 Å². The molecule has 0 spiro atoms. The molecular weight excluding hydrogens is 314 g/mol. The molecule has 0 radical (unpaired) electrons. The first kappa shape index (κ1) is 13.4. The van der Waals surface area contributed by atoms with E-state index in [9.17, 15) is 5.11 Å². The van der Waals surface area contributed by atoms with Gasteiger partial charge in [0.1, 0.15) is 11.9 Å². The summed E-state index contributed by atoms with van der Waals surface area (Å²) < 4.78 is 6.12. The molecule has 0 saturated heterocycles. The zero-order valence-electron chi connectivity index (χ0n) is 9.89. The van der Waals surface area contributed by atoms with Gasteiger partial charge in [0.15, 0.2) is 0 Å². The Labute approximate surface area is 119 Å². The van der Waals surface area contributed by atoms with Gasteiger partial charge in [-0.05, 0) is 23.6 Å². The van der Waals surface area contributed by atoms with E-state index in [0.29, 0.717) is 6.54 Å². The number of aliphatic hydroxyl groups is 1. The van der Waals surface area contributed by atoms with Crippen LogP contribution < -0.4 is 10.1 Å². The normalized spacial score (nSPS) is 12.2. The fourth-order valence-electron chi connectivity index (χ4n) is 1.58. The second-order valence-electron chi connectivity index (χ2n) is 3.79. The Morgan fingerprint density at radius 2 is 2.28 bits per heavy atom. The molecule has 1 aromatic heterocycles. The number of hydrogen-bond acceptors (Lipinski definition) is 4. The molecule has 0 fully saturated rings. The van der Waals surface area contributed by atoms with Crippen molar-refractivity contribution in [3.8, 4) is 5.75 Å². The molecule has 0 aliphatic heterocycles. The van der Waals surface area contributed by atoms with Crippen molar-refractivity contribution in [2.45, 2.75) is 6.10 Å². The van der Waals surface area contributed by atoms with Gasteiger partial charge in [0, 0.05) is 27.6 Å². The Morgan fingerprint density at radius 3 is 2.94 bits per heavy atom. The highest BCUT2D eigenvalue weighted by Gasteiger charge is 2.08. The molecule has 1 atom stereocenters. The average molecular weight is 328 g/mol. The van der Waals surface area contributed by atoms with Gasteiger partial charge in [-0.15, -0.1) is 11.3 Å². The summed E-state index contributed by atoms with van der Waals surface area (Å²) in [7, 11) is 1.63. The van der Waals surface area contributed by atoms with Gasteiger partial charge in [-0.1, -0.05) is 22.0 Å². The third-order valence-corrected chi connectivity index (χ3v) is 3.91. The highest BCUT2D eigenvalue weighted by molar-refractivity contribution is 9.10. The minimum absolute atomic E-state index is 0.472. The average Bonchev–Trinajstić information content (AvgIpc) is 2.89. The Bertz CT molecular complexity index is 502. The summed E-state index contributed by atoms with van der Waals surface area (Å²) in [6.07, 6.45) is -0.491. The molecular formula is C13H14BrNO2S. The van der Waals surface area contributed by atoms with Crippen LogP contribution in [0.5, 0.6) is 5.75 Å². The van der Waals surface area contributed by atoms with Gasteiger partial charge in [-0.3, -0.25) is 0 Å². The zero-order chi connectivity index (χ0) is 13.0. The lowest BCUT2D eigenvalue weighted by atomic mass is 10.2. The largest absolute Gasteiger partial charge is 0.497 e. The second kappa shape index (κ2) is 6.22. The number of nitrogens with one attached hydrogen (secondary N) is 1. The quantitative estimate of drug-likeness (QED) is 0.880. The van der Waals surface area contributed by atoms with Gasteiger partial charge in [0.2, 0.25) is 0 Å².